The number of hydrogen-bond acceptors (Lipinski definition) is 5. The van der Waals surface area contributed by atoms with Crippen LogP contribution in [0.3, 0.4) is 0 Å². The fourth-order valence-electron chi connectivity index (χ4n) is 2.11. The smallest absolute Gasteiger partial charge is 0.158 e. The van der Waals surface area contributed by atoms with Crippen LogP contribution in [0.4, 0.5) is 0 Å². The van der Waals surface area contributed by atoms with Gasteiger partial charge in [-0.15, -0.1) is 0 Å². The minimum absolute atomic E-state index is 0.0161. The number of aliphatic hydroxyl groups is 1. The maximum atomic E-state index is 8.58. The molecule has 1 aliphatic rings. The Morgan fingerprint density at radius 3 is 2.29 bits per heavy atom. The van der Waals surface area contributed by atoms with Crippen LogP contribution in [0.5, 0.6) is 0 Å². The summed E-state index contributed by atoms with van der Waals surface area (Å²) in [6, 6.07) is 7.05. The van der Waals surface area contributed by atoms with Crippen molar-refractivity contribution in [3.05, 3.63) is 58.1 Å². The Morgan fingerprint density at radius 1 is 1.08 bits per heavy atom. The highest BCUT2D eigenvalue weighted by atomic mass is 35.5. The Bertz CT molecular complexity index is 622. The van der Waals surface area contributed by atoms with Crippen molar-refractivity contribution in [2.75, 3.05) is 6.61 Å². The molecule has 1 aliphatic heterocycles. The van der Waals surface area contributed by atoms with E-state index in [1.165, 1.54) is 6.42 Å². The van der Waals surface area contributed by atoms with Gasteiger partial charge in [0.15, 0.2) is 6.29 Å². The normalized spacial score (nSPS) is 17.0. The molecule has 3 rings (SSSR count). The maximum Gasteiger partial charge on any atom is 0.158 e. The first-order valence-corrected chi connectivity index (χ1v) is 8.48. The van der Waals surface area contributed by atoms with Crippen molar-refractivity contribution >= 4 is 23.2 Å². The van der Waals surface area contributed by atoms with Crippen molar-refractivity contribution in [3.63, 3.8) is 0 Å². The van der Waals surface area contributed by atoms with Crippen molar-refractivity contribution < 1.29 is 14.6 Å². The number of rotatable bonds is 4. The van der Waals surface area contributed by atoms with E-state index in [1.807, 2.05) is 12.1 Å². The molecule has 0 amide bonds. The summed E-state index contributed by atoms with van der Waals surface area (Å²) in [6.07, 6.45) is 6.50. The number of hydrogen-bond donors (Lipinski definition) is 1. The highest BCUT2D eigenvalue weighted by molar-refractivity contribution is 6.29. The molecule has 0 spiro atoms. The lowest BCUT2D eigenvalue weighted by molar-refractivity contribution is -0.168. The van der Waals surface area contributed by atoms with Gasteiger partial charge in [-0.1, -0.05) is 23.2 Å². The van der Waals surface area contributed by atoms with E-state index in [1.54, 1.807) is 24.5 Å². The van der Waals surface area contributed by atoms with Crippen LogP contribution in [0.2, 0.25) is 10.3 Å². The second-order valence-electron chi connectivity index (χ2n) is 5.24. The molecule has 1 atom stereocenters. The Morgan fingerprint density at radius 2 is 1.75 bits per heavy atom. The topological polar surface area (TPSA) is 64.5 Å². The van der Waals surface area contributed by atoms with Gasteiger partial charge in [0.1, 0.15) is 10.3 Å². The lowest BCUT2D eigenvalue weighted by Crippen LogP contribution is -2.21. The summed E-state index contributed by atoms with van der Waals surface area (Å²) in [6.45, 7) is 1.36. The van der Waals surface area contributed by atoms with Crippen LogP contribution < -0.4 is 0 Å². The number of halogens is 2. The zero-order valence-electron chi connectivity index (χ0n) is 13.2. The predicted octanol–water partition coefficient (Wildman–Crippen LogP) is 4.01. The molecule has 2 aromatic heterocycles. The van der Waals surface area contributed by atoms with E-state index in [2.05, 4.69) is 9.97 Å². The van der Waals surface area contributed by atoms with Gasteiger partial charge in [-0.05, 0) is 54.7 Å². The molecule has 1 fully saturated rings. The van der Waals surface area contributed by atoms with E-state index in [0.717, 1.165) is 30.6 Å². The molecule has 1 unspecified atom stereocenters. The summed E-state index contributed by atoms with van der Waals surface area (Å²) in [5, 5.41) is 9.49. The van der Waals surface area contributed by atoms with Crippen LogP contribution >= 0.6 is 23.2 Å². The quantitative estimate of drug-likeness (QED) is 0.823. The Kier molecular flexibility index (Phi) is 8.42. The van der Waals surface area contributed by atoms with E-state index < -0.39 is 0 Å². The number of ether oxygens (including phenoxy) is 2. The van der Waals surface area contributed by atoms with Crippen molar-refractivity contribution in [2.24, 2.45) is 0 Å². The van der Waals surface area contributed by atoms with E-state index in [0.29, 0.717) is 16.9 Å². The van der Waals surface area contributed by atoms with Crippen molar-refractivity contribution in [1.29, 1.82) is 0 Å². The predicted molar refractivity (Wildman–Crippen MR) is 92.8 cm³/mol. The van der Waals surface area contributed by atoms with Crippen molar-refractivity contribution in [2.45, 2.75) is 38.8 Å². The molecule has 1 N–H and O–H groups in total. The van der Waals surface area contributed by atoms with Crippen LogP contribution in [0.15, 0.2) is 36.7 Å². The largest absolute Gasteiger partial charge is 0.392 e. The van der Waals surface area contributed by atoms with E-state index >= 15 is 0 Å². The van der Waals surface area contributed by atoms with Gasteiger partial charge in [-0.3, -0.25) is 0 Å². The standard InChI is InChI=1S/C11H14ClNO2.C6H6ClNO/c12-10-7-9(4-5-13-10)8-15-11-3-1-2-6-14-11;7-6-3-5(4-9)1-2-8-6/h4-5,7,11H,1-3,6,8H2;1-3,9H,4H2. The Balaban J connectivity index is 0.000000198. The summed E-state index contributed by atoms with van der Waals surface area (Å²) in [5.41, 5.74) is 1.82. The number of aromatic nitrogens is 2. The SMILES string of the molecule is Clc1cc(COC2CCCCO2)ccn1.OCc1ccnc(Cl)c1. The van der Waals surface area contributed by atoms with Gasteiger partial charge in [0.25, 0.3) is 0 Å². The molecule has 0 bridgehead atoms. The lowest BCUT2D eigenvalue weighted by Gasteiger charge is -2.22. The van der Waals surface area contributed by atoms with Gasteiger partial charge >= 0.3 is 0 Å². The van der Waals surface area contributed by atoms with E-state index in [9.17, 15) is 0 Å². The van der Waals surface area contributed by atoms with Crippen LogP contribution in [0, 0.1) is 0 Å². The van der Waals surface area contributed by atoms with Gasteiger partial charge in [0.05, 0.1) is 13.2 Å². The number of pyridine rings is 2. The van der Waals surface area contributed by atoms with Crippen LogP contribution in [0.25, 0.3) is 0 Å². The summed E-state index contributed by atoms with van der Waals surface area (Å²) in [4.78, 5) is 7.66. The van der Waals surface area contributed by atoms with Gasteiger partial charge in [0.2, 0.25) is 0 Å². The molecular formula is C17H20Cl2N2O3. The molecule has 0 saturated carbocycles. The first kappa shape index (κ1) is 19.1. The van der Waals surface area contributed by atoms with E-state index in [4.69, 9.17) is 37.8 Å². The molecule has 0 aliphatic carbocycles. The van der Waals surface area contributed by atoms with Gasteiger partial charge in [-0.2, -0.15) is 0 Å². The molecular weight excluding hydrogens is 351 g/mol. The molecule has 5 nitrogen and oxygen atoms in total. The zero-order valence-corrected chi connectivity index (χ0v) is 14.7. The van der Waals surface area contributed by atoms with Gasteiger partial charge in [0, 0.05) is 19.0 Å². The fraction of sp³-hybridized carbons (Fsp3) is 0.412. The number of nitrogens with zero attached hydrogens (tertiary/aromatic N) is 2. The Hall–Kier alpha value is -1.24. The molecule has 24 heavy (non-hydrogen) atoms. The third-order valence-corrected chi connectivity index (χ3v) is 3.75. The summed E-state index contributed by atoms with van der Waals surface area (Å²) < 4.78 is 11.1. The monoisotopic (exact) mass is 370 g/mol. The van der Waals surface area contributed by atoms with Gasteiger partial charge in [-0.25, -0.2) is 9.97 Å². The lowest BCUT2D eigenvalue weighted by atomic mass is 10.2. The van der Waals surface area contributed by atoms with Crippen molar-refractivity contribution in [1.82, 2.24) is 9.97 Å². The second-order valence-corrected chi connectivity index (χ2v) is 6.01. The average molecular weight is 371 g/mol. The second kappa shape index (κ2) is 10.6. The first-order chi connectivity index (χ1) is 11.7. The van der Waals surface area contributed by atoms with E-state index in [-0.39, 0.29) is 12.9 Å². The third-order valence-electron chi connectivity index (χ3n) is 3.34. The average Bonchev–Trinajstić information content (AvgIpc) is 2.61. The molecule has 1 saturated heterocycles. The molecule has 0 radical (unpaired) electrons. The molecule has 130 valence electrons. The molecule has 0 aromatic carbocycles. The fourth-order valence-corrected chi connectivity index (χ4v) is 2.50. The van der Waals surface area contributed by atoms with Crippen molar-refractivity contribution in [3.8, 4) is 0 Å². The van der Waals surface area contributed by atoms with Crippen LogP contribution in [-0.4, -0.2) is 28.0 Å². The third kappa shape index (κ3) is 7.11. The summed E-state index contributed by atoms with van der Waals surface area (Å²) >= 11 is 11.3. The minimum Gasteiger partial charge on any atom is -0.392 e. The molecule has 3 heterocycles. The van der Waals surface area contributed by atoms with Crippen LogP contribution in [-0.2, 0) is 22.7 Å². The highest BCUT2D eigenvalue weighted by Gasteiger charge is 2.13. The van der Waals surface area contributed by atoms with Crippen LogP contribution in [0.1, 0.15) is 30.4 Å². The minimum atomic E-state index is -0.0503. The number of aliphatic hydroxyl groups excluding tert-OH is 1. The summed E-state index contributed by atoms with van der Waals surface area (Å²) in [5.74, 6) is 0. The molecule has 2 aromatic rings. The summed E-state index contributed by atoms with van der Waals surface area (Å²) in [7, 11) is 0. The Labute approximate surface area is 151 Å². The maximum absolute atomic E-state index is 8.58. The first-order valence-electron chi connectivity index (χ1n) is 7.72. The highest BCUT2D eigenvalue weighted by Crippen LogP contribution is 2.16. The van der Waals surface area contributed by atoms with Gasteiger partial charge < -0.3 is 14.6 Å². The zero-order chi connectivity index (χ0) is 17.2. The molecule has 7 heteroatoms.